The Hall–Kier alpha value is -1.72. The van der Waals surface area contributed by atoms with Crippen LogP contribution >= 0.6 is 11.6 Å². The van der Waals surface area contributed by atoms with Crippen molar-refractivity contribution in [3.05, 3.63) is 40.7 Å². The highest BCUT2D eigenvalue weighted by Crippen LogP contribution is 2.36. The van der Waals surface area contributed by atoms with Crippen molar-refractivity contribution >= 4 is 11.6 Å². The maximum Gasteiger partial charge on any atom is 0.179 e. The summed E-state index contributed by atoms with van der Waals surface area (Å²) in [4.78, 5) is 2.45. The molecular weight excluding hydrogens is 314 g/mol. The number of benzene rings is 1. The maximum absolute atomic E-state index is 6.29. The molecule has 2 heterocycles. The van der Waals surface area contributed by atoms with Crippen molar-refractivity contribution in [1.82, 2.24) is 15.1 Å². The molecule has 0 unspecified atom stereocenters. The van der Waals surface area contributed by atoms with Gasteiger partial charge in [-0.3, -0.25) is 10.00 Å². The van der Waals surface area contributed by atoms with E-state index < -0.39 is 0 Å². The number of ether oxygens (including phenoxy) is 2. The van der Waals surface area contributed by atoms with Gasteiger partial charge in [0.1, 0.15) is 0 Å². The molecule has 0 radical (unpaired) electrons. The first-order chi connectivity index (χ1) is 11.2. The van der Waals surface area contributed by atoms with Gasteiger partial charge in [-0.05, 0) is 49.7 Å². The largest absolute Gasteiger partial charge is 0.493 e. The second-order valence-electron chi connectivity index (χ2n) is 5.88. The lowest BCUT2D eigenvalue weighted by molar-refractivity contribution is 0.203. The highest BCUT2D eigenvalue weighted by atomic mass is 35.5. The van der Waals surface area contributed by atoms with Gasteiger partial charge in [-0.25, -0.2) is 0 Å². The number of rotatable bonds is 5. The average Bonchev–Trinajstić information content (AvgIpc) is 3.09. The number of nitrogens with zero attached hydrogens (tertiary/aromatic N) is 2. The van der Waals surface area contributed by atoms with E-state index in [2.05, 4.69) is 21.2 Å². The third kappa shape index (κ3) is 3.62. The summed E-state index contributed by atoms with van der Waals surface area (Å²) >= 11 is 6.29. The number of halogens is 1. The number of aromatic nitrogens is 2. The minimum atomic E-state index is 0.586. The fourth-order valence-corrected chi connectivity index (χ4v) is 3.53. The van der Waals surface area contributed by atoms with Gasteiger partial charge >= 0.3 is 0 Å². The molecule has 0 bridgehead atoms. The van der Waals surface area contributed by atoms with E-state index in [9.17, 15) is 0 Å². The summed E-state index contributed by atoms with van der Waals surface area (Å²) in [5, 5.41) is 7.73. The van der Waals surface area contributed by atoms with Gasteiger partial charge in [0.25, 0.3) is 0 Å². The van der Waals surface area contributed by atoms with Crippen molar-refractivity contribution in [2.75, 3.05) is 27.3 Å². The predicted molar refractivity (Wildman–Crippen MR) is 90.4 cm³/mol. The van der Waals surface area contributed by atoms with Crippen LogP contribution in [0, 0.1) is 0 Å². The number of methoxy groups -OCH3 is 2. The van der Waals surface area contributed by atoms with Gasteiger partial charge in [0, 0.05) is 24.4 Å². The van der Waals surface area contributed by atoms with E-state index in [-0.39, 0.29) is 0 Å². The second kappa shape index (κ2) is 7.23. The lowest BCUT2D eigenvalue weighted by Crippen LogP contribution is -2.32. The quantitative estimate of drug-likeness (QED) is 0.909. The SMILES string of the molecule is COc1cc(CN2CCC(c3ccn[nH]3)CC2)cc(Cl)c1OC. The molecule has 23 heavy (non-hydrogen) atoms. The van der Waals surface area contributed by atoms with E-state index in [1.165, 1.54) is 5.69 Å². The third-order valence-electron chi connectivity index (χ3n) is 4.45. The number of aromatic amines is 1. The Bertz CT molecular complexity index is 638. The molecule has 1 N–H and O–H groups in total. The molecule has 1 aromatic carbocycles. The summed E-state index contributed by atoms with van der Waals surface area (Å²) in [7, 11) is 3.23. The number of piperidine rings is 1. The zero-order valence-electron chi connectivity index (χ0n) is 13.5. The molecule has 0 amide bonds. The van der Waals surface area contributed by atoms with Gasteiger partial charge in [-0.2, -0.15) is 5.10 Å². The molecule has 2 aromatic rings. The number of likely N-dealkylation sites (tertiary alicyclic amines) is 1. The molecule has 1 aliphatic heterocycles. The van der Waals surface area contributed by atoms with E-state index in [0.717, 1.165) is 38.0 Å². The highest BCUT2D eigenvalue weighted by molar-refractivity contribution is 6.32. The number of nitrogens with one attached hydrogen (secondary N) is 1. The minimum Gasteiger partial charge on any atom is -0.493 e. The van der Waals surface area contributed by atoms with Crippen LogP contribution in [-0.2, 0) is 6.54 Å². The normalized spacial score (nSPS) is 16.5. The van der Waals surface area contributed by atoms with Crippen LogP contribution in [0.15, 0.2) is 24.4 Å². The maximum atomic E-state index is 6.29. The average molecular weight is 336 g/mol. The number of hydrogen-bond acceptors (Lipinski definition) is 4. The fourth-order valence-electron chi connectivity index (χ4n) is 3.22. The van der Waals surface area contributed by atoms with Gasteiger partial charge in [-0.1, -0.05) is 11.6 Å². The Balaban J connectivity index is 1.63. The zero-order chi connectivity index (χ0) is 16.2. The summed E-state index contributed by atoms with van der Waals surface area (Å²) in [5.41, 5.74) is 2.39. The van der Waals surface area contributed by atoms with Crippen LogP contribution in [0.2, 0.25) is 5.02 Å². The van der Waals surface area contributed by atoms with E-state index in [4.69, 9.17) is 21.1 Å². The minimum absolute atomic E-state index is 0.586. The fraction of sp³-hybridized carbons (Fsp3) is 0.471. The van der Waals surface area contributed by atoms with Crippen molar-refractivity contribution in [3.63, 3.8) is 0 Å². The van der Waals surface area contributed by atoms with Gasteiger partial charge < -0.3 is 9.47 Å². The number of H-pyrrole nitrogens is 1. The van der Waals surface area contributed by atoms with Crippen LogP contribution in [0.25, 0.3) is 0 Å². The molecule has 0 atom stereocenters. The molecule has 6 heteroatoms. The van der Waals surface area contributed by atoms with E-state index in [1.807, 2.05) is 18.3 Å². The predicted octanol–water partition coefficient (Wildman–Crippen LogP) is 3.46. The molecule has 3 rings (SSSR count). The van der Waals surface area contributed by atoms with Crippen LogP contribution in [-0.4, -0.2) is 42.4 Å². The van der Waals surface area contributed by atoms with Crippen LogP contribution in [0.3, 0.4) is 0 Å². The first-order valence-electron chi connectivity index (χ1n) is 7.83. The summed E-state index contributed by atoms with van der Waals surface area (Å²) in [5.74, 6) is 1.86. The van der Waals surface area contributed by atoms with Crippen molar-refractivity contribution < 1.29 is 9.47 Å². The molecule has 1 aliphatic rings. The van der Waals surface area contributed by atoms with Gasteiger partial charge in [-0.15, -0.1) is 0 Å². The lowest BCUT2D eigenvalue weighted by atomic mass is 9.93. The standard InChI is InChI=1S/C17H22ClN3O2/c1-22-16-10-12(9-14(18)17(16)23-2)11-21-7-4-13(5-8-21)15-3-6-19-20-15/h3,6,9-10,13H,4-5,7-8,11H2,1-2H3,(H,19,20). The molecule has 1 fully saturated rings. The lowest BCUT2D eigenvalue weighted by Gasteiger charge is -2.31. The molecular formula is C17H22ClN3O2. The van der Waals surface area contributed by atoms with Gasteiger partial charge in [0.2, 0.25) is 0 Å². The van der Waals surface area contributed by atoms with Crippen molar-refractivity contribution in [2.24, 2.45) is 0 Å². The van der Waals surface area contributed by atoms with E-state index in [0.29, 0.717) is 22.4 Å². The van der Waals surface area contributed by atoms with Crippen LogP contribution in [0.4, 0.5) is 0 Å². The summed E-state index contributed by atoms with van der Waals surface area (Å²) in [6.45, 7) is 3.00. The van der Waals surface area contributed by atoms with Gasteiger partial charge in [0.05, 0.1) is 19.2 Å². The molecule has 0 saturated carbocycles. The molecule has 1 saturated heterocycles. The van der Waals surface area contributed by atoms with Crippen molar-refractivity contribution in [2.45, 2.75) is 25.3 Å². The van der Waals surface area contributed by atoms with Crippen LogP contribution < -0.4 is 9.47 Å². The molecule has 0 spiro atoms. The van der Waals surface area contributed by atoms with Gasteiger partial charge in [0.15, 0.2) is 11.5 Å². The Kier molecular flexibility index (Phi) is 5.08. The molecule has 1 aromatic heterocycles. The monoisotopic (exact) mass is 335 g/mol. The number of hydrogen-bond donors (Lipinski definition) is 1. The summed E-state index contributed by atoms with van der Waals surface area (Å²) in [6, 6.07) is 6.05. The van der Waals surface area contributed by atoms with Crippen LogP contribution in [0.5, 0.6) is 11.5 Å². The highest BCUT2D eigenvalue weighted by Gasteiger charge is 2.22. The van der Waals surface area contributed by atoms with E-state index in [1.54, 1.807) is 14.2 Å². The van der Waals surface area contributed by atoms with Crippen molar-refractivity contribution in [1.29, 1.82) is 0 Å². The van der Waals surface area contributed by atoms with E-state index >= 15 is 0 Å². The second-order valence-corrected chi connectivity index (χ2v) is 6.28. The first kappa shape index (κ1) is 16.1. The topological polar surface area (TPSA) is 50.4 Å². The Morgan fingerprint density at radius 2 is 2.04 bits per heavy atom. The van der Waals surface area contributed by atoms with Crippen LogP contribution in [0.1, 0.15) is 30.0 Å². The molecule has 0 aliphatic carbocycles. The molecule has 124 valence electrons. The third-order valence-corrected chi connectivity index (χ3v) is 4.73. The Labute approximate surface area is 141 Å². The zero-order valence-corrected chi connectivity index (χ0v) is 14.3. The molecule has 5 nitrogen and oxygen atoms in total. The Morgan fingerprint density at radius 1 is 1.26 bits per heavy atom. The first-order valence-corrected chi connectivity index (χ1v) is 8.21. The smallest absolute Gasteiger partial charge is 0.179 e. The summed E-state index contributed by atoms with van der Waals surface area (Å²) < 4.78 is 10.7. The Morgan fingerprint density at radius 3 is 2.65 bits per heavy atom. The van der Waals surface area contributed by atoms with Crippen molar-refractivity contribution in [3.8, 4) is 11.5 Å². The summed E-state index contributed by atoms with van der Waals surface area (Å²) in [6.07, 6.45) is 4.11.